The molecule has 86 valence electrons. The normalized spacial score (nSPS) is 10.9. The highest BCUT2D eigenvalue weighted by Gasteiger charge is 2.14. The predicted octanol–water partition coefficient (Wildman–Crippen LogP) is 3.12. The number of hydrogen-bond donors (Lipinski definition) is 0. The van der Waals surface area contributed by atoms with Crippen LogP contribution in [0.25, 0.3) is 11.5 Å². The first kappa shape index (κ1) is 11.2. The molecular weight excluding hydrogens is 228 g/mol. The highest BCUT2D eigenvalue weighted by atomic mass is 35.5. The van der Waals surface area contributed by atoms with Crippen molar-refractivity contribution in [3.05, 3.63) is 23.5 Å². The van der Waals surface area contributed by atoms with Crippen LogP contribution in [0.2, 0.25) is 0 Å². The van der Waals surface area contributed by atoms with E-state index < -0.39 is 0 Å². The Kier molecular flexibility index (Phi) is 3.29. The summed E-state index contributed by atoms with van der Waals surface area (Å²) in [5.41, 5.74) is 0.863. The summed E-state index contributed by atoms with van der Waals surface area (Å²) in [4.78, 5) is 0. The molecule has 0 saturated heterocycles. The van der Waals surface area contributed by atoms with Gasteiger partial charge in [-0.05, 0) is 26.3 Å². The number of nitrogens with zero attached hydrogens (tertiary/aromatic N) is 2. The van der Waals surface area contributed by atoms with Gasteiger partial charge >= 0.3 is 0 Å². The number of rotatable bonds is 4. The molecule has 0 atom stereocenters. The molecule has 2 aromatic heterocycles. The molecule has 0 aliphatic rings. The molecule has 0 N–H and O–H groups in total. The van der Waals surface area contributed by atoms with Crippen LogP contribution in [0.3, 0.4) is 0 Å². The Labute approximate surface area is 98.6 Å². The first-order chi connectivity index (χ1) is 7.70. The zero-order valence-electron chi connectivity index (χ0n) is 9.29. The van der Waals surface area contributed by atoms with E-state index in [-0.39, 0.29) is 0 Å². The third kappa shape index (κ3) is 2.27. The van der Waals surface area contributed by atoms with Crippen LogP contribution >= 0.6 is 11.6 Å². The van der Waals surface area contributed by atoms with Gasteiger partial charge in [-0.25, -0.2) is 0 Å². The lowest BCUT2D eigenvalue weighted by atomic mass is 10.2. The smallest absolute Gasteiger partial charge is 0.251 e. The average Bonchev–Trinajstić information content (AvgIpc) is 2.82. The number of aryl methyl sites for hydroxylation is 3. The van der Waals surface area contributed by atoms with Crippen LogP contribution in [0.15, 0.2) is 14.9 Å². The zero-order valence-corrected chi connectivity index (χ0v) is 10.0. The maximum atomic E-state index is 5.60. The number of aromatic nitrogens is 2. The average molecular weight is 241 g/mol. The molecule has 2 rings (SSSR count). The van der Waals surface area contributed by atoms with E-state index in [1.165, 1.54) is 0 Å². The quantitative estimate of drug-likeness (QED) is 0.771. The van der Waals surface area contributed by atoms with Crippen molar-refractivity contribution < 1.29 is 8.83 Å². The molecule has 0 saturated carbocycles. The molecule has 5 heteroatoms. The third-order valence-electron chi connectivity index (χ3n) is 2.26. The summed E-state index contributed by atoms with van der Waals surface area (Å²) in [5, 5.41) is 7.96. The van der Waals surface area contributed by atoms with Crippen molar-refractivity contribution >= 4 is 11.6 Å². The van der Waals surface area contributed by atoms with Crippen molar-refractivity contribution in [2.24, 2.45) is 0 Å². The van der Waals surface area contributed by atoms with Gasteiger partial charge in [-0.2, -0.15) is 0 Å². The monoisotopic (exact) mass is 240 g/mol. The van der Waals surface area contributed by atoms with Crippen LogP contribution in [0.4, 0.5) is 0 Å². The van der Waals surface area contributed by atoms with E-state index in [0.717, 1.165) is 23.5 Å². The summed E-state index contributed by atoms with van der Waals surface area (Å²) in [6.45, 7) is 3.77. The van der Waals surface area contributed by atoms with E-state index in [9.17, 15) is 0 Å². The minimum atomic E-state index is 0.513. The molecule has 16 heavy (non-hydrogen) atoms. The van der Waals surface area contributed by atoms with E-state index in [2.05, 4.69) is 10.2 Å². The largest absolute Gasteiger partial charge is 0.466 e. The van der Waals surface area contributed by atoms with Crippen molar-refractivity contribution in [3.63, 3.8) is 0 Å². The second kappa shape index (κ2) is 4.70. The van der Waals surface area contributed by atoms with Crippen molar-refractivity contribution in [1.82, 2.24) is 10.2 Å². The van der Waals surface area contributed by atoms with Crippen LogP contribution in [0.1, 0.15) is 23.8 Å². The highest BCUT2D eigenvalue weighted by molar-refractivity contribution is 6.17. The van der Waals surface area contributed by atoms with E-state index in [1.807, 2.05) is 19.9 Å². The van der Waals surface area contributed by atoms with Crippen molar-refractivity contribution in [2.45, 2.75) is 26.7 Å². The molecule has 0 unspecified atom stereocenters. The van der Waals surface area contributed by atoms with Crippen LogP contribution in [-0.4, -0.2) is 16.1 Å². The molecule has 2 aromatic rings. The third-order valence-corrected chi connectivity index (χ3v) is 2.53. The lowest BCUT2D eigenvalue weighted by molar-refractivity contribution is 0.492. The van der Waals surface area contributed by atoms with E-state index >= 15 is 0 Å². The molecule has 0 amide bonds. The standard InChI is InChI=1S/C11H13ClN2O2/c1-7-6-9(8(2)15-7)11-14-13-10(16-11)4-3-5-12/h6H,3-5H2,1-2H3. The second-order valence-corrected chi connectivity index (χ2v) is 4.00. The second-order valence-electron chi connectivity index (χ2n) is 3.62. The minimum absolute atomic E-state index is 0.513. The summed E-state index contributed by atoms with van der Waals surface area (Å²) in [6.07, 6.45) is 1.55. The van der Waals surface area contributed by atoms with Crippen LogP contribution in [0.5, 0.6) is 0 Å². The molecule has 0 bridgehead atoms. The Morgan fingerprint density at radius 2 is 2.06 bits per heavy atom. The van der Waals surface area contributed by atoms with Gasteiger partial charge in [0.15, 0.2) is 0 Å². The van der Waals surface area contributed by atoms with Gasteiger partial charge in [-0.1, -0.05) is 0 Å². The van der Waals surface area contributed by atoms with Gasteiger partial charge in [-0.3, -0.25) is 0 Å². The summed E-state index contributed by atoms with van der Waals surface area (Å²) >= 11 is 5.60. The summed E-state index contributed by atoms with van der Waals surface area (Å²) in [5.74, 6) is 3.37. The van der Waals surface area contributed by atoms with Gasteiger partial charge in [0.2, 0.25) is 5.89 Å². The van der Waals surface area contributed by atoms with Crippen molar-refractivity contribution in [1.29, 1.82) is 0 Å². The summed E-state index contributed by atoms with van der Waals surface area (Å²) < 4.78 is 10.9. The maximum absolute atomic E-state index is 5.60. The van der Waals surface area contributed by atoms with Gasteiger partial charge < -0.3 is 8.83 Å². The molecule has 4 nitrogen and oxygen atoms in total. The fourth-order valence-corrected chi connectivity index (χ4v) is 1.66. The fourth-order valence-electron chi connectivity index (χ4n) is 1.52. The number of halogens is 1. The topological polar surface area (TPSA) is 52.1 Å². The molecule has 0 aliphatic heterocycles. The molecule has 0 spiro atoms. The zero-order chi connectivity index (χ0) is 11.5. The molecule has 0 aromatic carbocycles. The van der Waals surface area contributed by atoms with Crippen molar-refractivity contribution in [2.75, 3.05) is 5.88 Å². The number of hydrogen-bond acceptors (Lipinski definition) is 4. The Morgan fingerprint density at radius 1 is 1.25 bits per heavy atom. The van der Waals surface area contributed by atoms with Crippen LogP contribution in [-0.2, 0) is 6.42 Å². The number of alkyl halides is 1. The first-order valence-corrected chi connectivity index (χ1v) is 5.70. The van der Waals surface area contributed by atoms with Crippen molar-refractivity contribution in [3.8, 4) is 11.5 Å². The fraction of sp³-hybridized carbons (Fsp3) is 0.455. The van der Waals surface area contributed by atoms with Gasteiger partial charge in [0.05, 0.1) is 5.56 Å². The van der Waals surface area contributed by atoms with Gasteiger partial charge in [0, 0.05) is 12.3 Å². The van der Waals surface area contributed by atoms with Crippen LogP contribution in [0, 0.1) is 13.8 Å². The summed E-state index contributed by atoms with van der Waals surface area (Å²) in [7, 11) is 0. The van der Waals surface area contributed by atoms with E-state index in [4.69, 9.17) is 20.4 Å². The minimum Gasteiger partial charge on any atom is -0.466 e. The Hall–Kier alpha value is -1.29. The Bertz CT molecular complexity index is 476. The molecule has 2 heterocycles. The summed E-state index contributed by atoms with van der Waals surface area (Å²) in [6, 6.07) is 1.90. The van der Waals surface area contributed by atoms with Crippen LogP contribution < -0.4 is 0 Å². The highest BCUT2D eigenvalue weighted by Crippen LogP contribution is 2.25. The van der Waals surface area contributed by atoms with Gasteiger partial charge in [-0.15, -0.1) is 21.8 Å². The molecule has 0 fully saturated rings. The van der Waals surface area contributed by atoms with E-state index in [1.54, 1.807) is 0 Å². The van der Waals surface area contributed by atoms with Gasteiger partial charge in [0.1, 0.15) is 11.5 Å². The Morgan fingerprint density at radius 3 is 2.69 bits per heavy atom. The number of furan rings is 1. The lowest BCUT2D eigenvalue weighted by Crippen LogP contribution is -1.85. The molecule has 0 radical (unpaired) electrons. The lowest BCUT2D eigenvalue weighted by Gasteiger charge is -1.90. The first-order valence-electron chi connectivity index (χ1n) is 5.16. The molecule has 0 aliphatic carbocycles. The SMILES string of the molecule is Cc1cc(-c2nnc(CCCCl)o2)c(C)o1. The molecular formula is C11H13ClN2O2. The van der Waals surface area contributed by atoms with E-state index in [0.29, 0.717) is 24.1 Å². The Balaban J connectivity index is 2.21. The maximum Gasteiger partial charge on any atom is 0.251 e. The predicted molar refractivity (Wildman–Crippen MR) is 60.5 cm³/mol. The van der Waals surface area contributed by atoms with Gasteiger partial charge in [0.25, 0.3) is 5.89 Å².